The van der Waals surface area contributed by atoms with Gasteiger partial charge in [-0.05, 0) is 42.4 Å². The molecule has 0 fully saturated rings. The van der Waals surface area contributed by atoms with Crippen molar-refractivity contribution in [3.8, 4) is 11.5 Å². The summed E-state index contributed by atoms with van der Waals surface area (Å²) in [6.07, 6.45) is 1.54. The van der Waals surface area contributed by atoms with Gasteiger partial charge in [0.1, 0.15) is 6.61 Å². The molecular weight excluding hydrogens is 404 g/mol. The van der Waals surface area contributed by atoms with E-state index in [1.807, 2.05) is 6.92 Å². The Morgan fingerprint density at radius 1 is 1.39 bits per heavy atom. The van der Waals surface area contributed by atoms with Crippen LogP contribution in [0.4, 0.5) is 5.69 Å². The fraction of sp³-hybridized carbons (Fsp3) is 0.222. The van der Waals surface area contributed by atoms with E-state index in [0.29, 0.717) is 39.3 Å². The van der Waals surface area contributed by atoms with E-state index in [-0.39, 0.29) is 12.3 Å². The maximum Gasteiger partial charge on any atom is 0.269 e. The Morgan fingerprint density at radius 2 is 2.18 bits per heavy atom. The van der Waals surface area contributed by atoms with Crippen LogP contribution in [0.3, 0.4) is 0 Å². The van der Waals surface area contributed by atoms with Gasteiger partial charge in [0, 0.05) is 18.7 Å². The summed E-state index contributed by atoms with van der Waals surface area (Å²) in [6.45, 7) is 2.72. The molecular formula is C18H19ClN4O4S. The van der Waals surface area contributed by atoms with Gasteiger partial charge in [0.25, 0.3) is 5.69 Å². The molecule has 10 heteroatoms. The Kier molecular flexibility index (Phi) is 7.97. The van der Waals surface area contributed by atoms with Crippen LogP contribution in [0.1, 0.15) is 18.1 Å². The van der Waals surface area contributed by atoms with Crippen LogP contribution >= 0.6 is 23.8 Å². The number of hydrogen-bond acceptors (Lipinski definition) is 6. The Morgan fingerprint density at radius 3 is 2.86 bits per heavy atom. The molecule has 2 N–H and O–H groups in total. The molecule has 2 rings (SSSR count). The van der Waals surface area contributed by atoms with Gasteiger partial charge in [-0.15, -0.1) is 0 Å². The summed E-state index contributed by atoms with van der Waals surface area (Å²) < 4.78 is 11.1. The van der Waals surface area contributed by atoms with Gasteiger partial charge in [-0.25, -0.2) is 0 Å². The number of nitro groups is 1. The highest BCUT2D eigenvalue weighted by atomic mass is 35.5. The SMILES string of the molecule is CCNC(=S)N/N=C\c1cc(Cl)c(OCc2cccc([N+](=O)[O-])c2)c(OC)c1. The molecule has 0 heterocycles. The van der Waals surface area contributed by atoms with E-state index in [0.717, 1.165) is 0 Å². The number of benzene rings is 2. The van der Waals surface area contributed by atoms with E-state index in [4.69, 9.17) is 33.3 Å². The van der Waals surface area contributed by atoms with Crippen LogP contribution in [0.5, 0.6) is 11.5 Å². The predicted octanol–water partition coefficient (Wildman–Crippen LogP) is 3.65. The number of nitrogens with one attached hydrogen (secondary N) is 2. The Bertz CT molecular complexity index is 892. The summed E-state index contributed by atoms with van der Waals surface area (Å²) >= 11 is 11.3. The first-order valence-corrected chi connectivity index (χ1v) is 9.03. The minimum Gasteiger partial charge on any atom is -0.493 e. The zero-order valence-electron chi connectivity index (χ0n) is 15.3. The topological polar surface area (TPSA) is 98.0 Å². The van der Waals surface area contributed by atoms with Crippen molar-refractivity contribution in [2.24, 2.45) is 5.10 Å². The maximum absolute atomic E-state index is 10.9. The van der Waals surface area contributed by atoms with Crippen molar-refractivity contribution >= 4 is 40.8 Å². The zero-order valence-corrected chi connectivity index (χ0v) is 16.8. The number of hydrogen-bond donors (Lipinski definition) is 2. The van der Waals surface area contributed by atoms with Gasteiger partial charge in [0.15, 0.2) is 16.6 Å². The summed E-state index contributed by atoms with van der Waals surface area (Å²) in [6, 6.07) is 9.55. The molecule has 0 aromatic heterocycles. The molecule has 148 valence electrons. The predicted molar refractivity (Wildman–Crippen MR) is 112 cm³/mol. The molecule has 2 aromatic rings. The first kappa shape index (κ1) is 21.4. The summed E-state index contributed by atoms with van der Waals surface area (Å²) in [5.41, 5.74) is 3.99. The van der Waals surface area contributed by atoms with Crippen LogP contribution in [0.2, 0.25) is 5.02 Å². The zero-order chi connectivity index (χ0) is 20.5. The third-order valence-corrected chi connectivity index (χ3v) is 3.99. The van der Waals surface area contributed by atoms with Crippen molar-refractivity contribution in [3.63, 3.8) is 0 Å². The molecule has 0 aliphatic carbocycles. The second kappa shape index (κ2) is 10.4. The lowest BCUT2D eigenvalue weighted by molar-refractivity contribution is -0.384. The van der Waals surface area contributed by atoms with E-state index >= 15 is 0 Å². The Balaban J connectivity index is 2.12. The number of methoxy groups -OCH3 is 1. The van der Waals surface area contributed by atoms with Crippen molar-refractivity contribution < 1.29 is 14.4 Å². The van der Waals surface area contributed by atoms with Crippen LogP contribution in [0, 0.1) is 10.1 Å². The summed E-state index contributed by atoms with van der Waals surface area (Å²) in [4.78, 5) is 10.4. The number of non-ortho nitro benzene ring substituents is 1. The minimum atomic E-state index is -0.457. The first-order chi connectivity index (χ1) is 13.4. The monoisotopic (exact) mass is 422 g/mol. The number of nitro benzene ring substituents is 1. The van der Waals surface area contributed by atoms with Crippen molar-refractivity contribution in [1.29, 1.82) is 0 Å². The molecule has 0 bridgehead atoms. The fourth-order valence-electron chi connectivity index (χ4n) is 2.24. The van der Waals surface area contributed by atoms with E-state index in [1.54, 1.807) is 30.5 Å². The largest absolute Gasteiger partial charge is 0.493 e. The quantitative estimate of drug-likeness (QED) is 0.290. The van der Waals surface area contributed by atoms with Gasteiger partial charge in [-0.1, -0.05) is 23.7 Å². The number of ether oxygens (including phenoxy) is 2. The van der Waals surface area contributed by atoms with Gasteiger partial charge < -0.3 is 14.8 Å². The molecule has 2 aromatic carbocycles. The molecule has 0 spiro atoms. The number of thiocarbonyl (C=S) groups is 1. The third kappa shape index (κ3) is 6.07. The Hall–Kier alpha value is -2.91. The molecule has 0 amide bonds. The van der Waals surface area contributed by atoms with Crippen LogP contribution in [-0.2, 0) is 6.61 Å². The van der Waals surface area contributed by atoms with Gasteiger partial charge in [-0.3, -0.25) is 15.5 Å². The second-order valence-corrected chi connectivity index (χ2v) is 6.29. The van der Waals surface area contributed by atoms with Crippen molar-refractivity contribution in [3.05, 3.63) is 62.7 Å². The maximum atomic E-state index is 10.9. The van der Waals surface area contributed by atoms with Crippen molar-refractivity contribution in [1.82, 2.24) is 10.7 Å². The van der Waals surface area contributed by atoms with Gasteiger partial charge in [-0.2, -0.15) is 5.10 Å². The molecule has 0 atom stereocenters. The van der Waals surface area contributed by atoms with E-state index in [9.17, 15) is 10.1 Å². The molecule has 0 saturated carbocycles. The van der Waals surface area contributed by atoms with Crippen molar-refractivity contribution in [2.75, 3.05) is 13.7 Å². The lowest BCUT2D eigenvalue weighted by Gasteiger charge is -2.13. The van der Waals surface area contributed by atoms with Crippen molar-refractivity contribution in [2.45, 2.75) is 13.5 Å². The summed E-state index contributed by atoms with van der Waals surface area (Å²) in [5.74, 6) is 0.748. The van der Waals surface area contributed by atoms with Crippen LogP contribution in [-0.4, -0.2) is 29.9 Å². The van der Waals surface area contributed by atoms with E-state index in [2.05, 4.69) is 15.8 Å². The third-order valence-electron chi connectivity index (χ3n) is 3.47. The second-order valence-electron chi connectivity index (χ2n) is 5.48. The van der Waals surface area contributed by atoms with E-state index < -0.39 is 4.92 Å². The highest BCUT2D eigenvalue weighted by Crippen LogP contribution is 2.36. The molecule has 0 aliphatic rings. The molecule has 0 saturated heterocycles. The lowest BCUT2D eigenvalue weighted by atomic mass is 10.2. The first-order valence-electron chi connectivity index (χ1n) is 8.25. The molecule has 0 unspecified atom stereocenters. The highest BCUT2D eigenvalue weighted by Gasteiger charge is 2.13. The molecule has 0 aliphatic heterocycles. The van der Waals surface area contributed by atoms with Crippen LogP contribution in [0.25, 0.3) is 0 Å². The van der Waals surface area contributed by atoms with Crippen LogP contribution in [0.15, 0.2) is 41.5 Å². The number of hydrazone groups is 1. The number of rotatable bonds is 8. The molecule has 0 radical (unpaired) electrons. The number of halogens is 1. The smallest absolute Gasteiger partial charge is 0.269 e. The van der Waals surface area contributed by atoms with Gasteiger partial charge in [0.05, 0.1) is 23.3 Å². The minimum absolute atomic E-state index is 0.00583. The van der Waals surface area contributed by atoms with E-state index in [1.165, 1.54) is 19.2 Å². The molecule has 8 nitrogen and oxygen atoms in total. The average Bonchev–Trinajstić information content (AvgIpc) is 2.67. The number of nitrogens with zero attached hydrogens (tertiary/aromatic N) is 2. The normalized spacial score (nSPS) is 10.5. The van der Waals surface area contributed by atoms with Crippen LogP contribution < -0.4 is 20.2 Å². The highest BCUT2D eigenvalue weighted by molar-refractivity contribution is 7.80. The Labute approximate surface area is 172 Å². The standard InChI is InChI=1S/C18H19ClN4O4S/c1-3-20-18(28)22-21-10-13-8-15(19)17(16(9-13)26-2)27-11-12-5-4-6-14(7-12)23(24)25/h4-10H,3,11H2,1-2H3,(H2,20,22,28)/b21-10-. The van der Waals surface area contributed by atoms with Gasteiger partial charge in [0.2, 0.25) is 0 Å². The fourth-order valence-corrected chi connectivity index (χ4v) is 2.71. The summed E-state index contributed by atoms with van der Waals surface area (Å²) in [7, 11) is 1.49. The summed E-state index contributed by atoms with van der Waals surface area (Å²) in [5, 5.41) is 18.5. The molecule has 28 heavy (non-hydrogen) atoms. The lowest BCUT2D eigenvalue weighted by Crippen LogP contribution is -2.31. The average molecular weight is 423 g/mol. The van der Waals surface area contributed by atoms with Gasteiger partial charge >= 0.3 is 0 Å².